The van der Waals surface area contributed by atoms with E-state index in [9.17, 15) is 0 Å². The quantitative estimate of drug-likeness (QED) is 0.181. The maximum Gasteiger partial charge on any atom is 0.0465 e. The summed E-state index contributed by atoms with van der Waals surface area (Å²) in [7, 11) is 0. The summed E-state index contributed by atoms with van der Waals surface area (Å²) in [6.07, 6.45) is 8.35. The lowest BCUT2D eigenvalue weighted by Gasteiger charge is -2.76. The van der Waals surface area contributed by atoms with Crippen LogP contribution in [-0.2, 0) is 21.7 Å². The van der Waals surface area contributed by atoms with E-state index in [1.165, 1.54) is 94.5 Å². The second-order valence-corrected chi connectivity index (χ2v) is 20.5. The second-order valence-electron chi connectivity index (χ2n) is 20.5. The number of nitrogens with zero attached hydrogens (tertiary/aromatic N) is 1. The van der Waals surface area contributed by atoms with Crippen molar-refractivity contribution in [3.05, 3.63) is 137 Å². The molecule has 1 nitrogen and oxygen atoms in total. The monoisotopic (exact) mass is 693 g/mol. The van der Waals surface area contributed by atoms with Gasteiger partial charge in [0, 0.05) is 22.5 Å². The van der Waals surface area contributed by atoms with Gasteiger partial charge < -0.3 is 4.90 Å². The molecule has 53 heavy (non-hydrogen) atoms. The molecule has 2 spiro atoms. The molecular formula is C52H55N. The molecule has 0 heterocycles. The van der Waals surface area contributed by atoms with Gasteiger partial charge in [-0.1, -0.05) is 121 Å². The van der Waals surface area contributed by atoms with Gasteiger partial charge in [0.1, 0.15) is 0 Å². The summed E-state index contributed by atoms with van der Waals surface area (Å²) in [6, 6.07) is 43.2. The van der Waals surface area contributed by atoms with E-state index in [0.29, 0.717) is 5.41 Å². The summed E-state index contributed by atoms with van der Waals surface area (Å²) < 4.78 is 0. The molecule has 2 bridgehead atoms. The largest absolute Gasteiger partial charge is 0.310 e. The molecule has 5 aromatic rings. The van der Waals surface area contributed by atoms with E-state index in [1.54, 1.807) is 11.1 Å². The minimum atomic E-state index is 0.108. The molecule has 6 aliphatic carbocycles. The lowest BCUT2D eigenvalue weighted by Crippen LogP contribution is -2.73. The van der Waals surface area contributed by atoms with Crippen LogP contribution in [0.1, 0.15) is 115 Å². The van der Waals surface area contributed by atoms with Crippen LogP contribution in [0.3, 0.4) is 0 Å². The van der Waals surface area contributed by atoms with Crippen LogP contribution in [0.4, 0.5) is 17.1 Å². The van der Waals surface area contributed by atoms with Crippen molar-refractivity contribution >= 4 is 17.1 Å². The minimum Gasteiger partial charge on any atom is -0.310 e. The lowest BCUT2D eigenvalue weighted by atomic mass is 9.27. The Bertz CT molecular complexity index is 2320. The number of hydrogen-bond acceptors (Lipinski definition) is 1. The first kappa shape index (κ1) is 32.3. The highest BCUT2D eigenvalue weighted by atomic mass is 15.1. The molecule has 268 valence electrons. The van der Waals surface area contributed by atoms with E-state index in [2.05, 4.69) is 163 Å². The predicted octanol–water partition coefficient (Wildman–Crippen LogP) is 13.8. The Labute approximate surface area is 317 Å². The van der Waals surface area contributed by atoms with Crippen LogP contribution in [0, 0.1) is 29.1 Å². The van der Waals surface area contributed by atoms with Crippen molar-refractivity contribution in [1.29, 1.82) is 0 Å². The molecule has 6 aliphatic rings. The average Bonchev–Trinajstić information content (AvgIpc) is 3.77. The van der Waals surface area contributed by atoms with E-state index < -0.39 is 0 Å². The Balaban J connectivity index is 1.03. The van der Waals surface area contributed by atoms with Crippen molar-refractivity contribution in [2.45, 2.75) is 109 Å². The van der Waals surface area contributed by atoms with E-state index in [0.717, 1.165) is 23.7 Å². The van der Waals surface area contributed by atoms with Gasteiger partial charge in [-0.3, -0.25) is 0 Å². The average molecular weight is 694 g/mol. The SMILES string of the molecule is CC(C)(C)c1ccc(N(c2ccc(-c3ccc4c(c3)C(C)(C)CCC4(C)C)cc2)c2ccc3c(c2)C2(c4ccccc4-3)C3CC4CC5CC2C53C4)cc1. The fraction of sp³-hybridized carbons (Fsp3) is 0.423. The fourth-order valence-electron chi connectivity index (χ4n) is 13.6. The van der Waals surface area contributed by atoms with Gasteiger partial charge in [0.2, 0.25) is 0 Å². The van der Waals surface area contributed by atoms with Crippen molar-refractivity contribution in [2.24, 2.45) is 29.1 Å². The first-order chi connectivity index (χ1) is 25.3. The van der Waals surface area contributed by atoms with E-state index in [4.69, 9.17) is 0 Å². The Morgan fingerprint density at radius 1 is 0.547 bits per heavy atom. The summed E-state index contributed by atoms with van der Waals surface area (Å²) in [5.41, 5.74) is 18.3. The molecule has 0 amide bonds. The first-order valence-electron chi connectivity index (χ1n) is 20.7. The molecule has 0 aliphatic heterocycles. The molecule has 0 radical (unpaired) electrons. The standard InChI is InChI=1S/C52H55N/c1-48(2,3)35-15-19-38(20-16-35)53(37-17-12-33(13-18-37)34-14-23-43-45(28-34)50(6,7)25-24-49(43,4)5)39-21-22-41-40-10-8-9-11-42(40)52(44(41)30-39)46-27-32-26-36-29-47(52)51(36,46)31-32/h8-23,28,30,32,36,46-47H,24-27,29,31H2,1-7H3. The Hall–Kier alpha value is -4.10. The molecule has 1 heteroatoms. The number of benzene rings is 5. The third-order valence-electron chi connectivity index (χ3n) is 16.2. The predicted molar refractivity (Wildman–Crippen MR) is 222 cm³/mol. The minimum absolute atomic E-state index is 0.108. The molecular weight excluding hydrogens is 639 g/mol. The third kappa shape index (κ3) is 4.10. The number of anilines is 3. The number of fused-ring (bicyclic) bond motifs is 9. The van der Waals surface area contributed by atoms with Gasteiger partial charge in [0.05, 0.1) is 0 Å². The fourth-order valence-corrected chi connectivity index (χ4v) is 13.6. The van der Waals surface area contributed by atoms with Crippen LogP contribution in [-0.4, -0.2) is 0 Å². The molecule has 6 unspecified atom stereocenters. The second kappa shape index (κ2) is 10.3. The topological polar surface area (TPSA) is 3.24 Å². The van der Waals surface area contributed by atoms with Gasteiger partial charge in [-0.05, 0) is 170 Å². The molecule has 0 aromatic heterocycles. The van der Waals surface area contributed by atoms with Crippen LogP contribution < -0.4 is 4.90 Å². The van der Waals surface area contributed by atoms with Crippen LogP contribution in [0.5, 0.6) is 0 Å². The molecule has 11 rings (SSSR count). The molecule has 6 atom stereocenters. The maximum absolute atomic E-state index is 2.64. The maximum atomic E-state index is 2.64. The Kier molecular flexibility index (Phi) is 6.31. The van der Waals surface area contributed by atoms with Crippen LogP contribution in [0.25, 0.3) is 22.3 Å². The lowest BCUT2D eigenvalue weighted by molar-refractivity contribution is -0.231. The van der Waals surface area contributed by atoms with Crippen LogP contribution >= 0.6 is 0 Å². The summed E-state index contributed by atoms with van der Waals surface area (Å²) >= 11 is 0. The van der Waals surface area contributed by atoms with Crippen molar-refractivity contribution < 1.29 is 0 Å². The summed E-state index contributed by atoms with van der Waals surface area (Å²) in [5.74, 6) is 3.56. The Morgan fingerprint density at radius 3 is 1.89 bits per heavy atom. The van der Waals surface area contributed by atoms with Crippen LogP contribution in [0.15, 0.2) is 109 Å². The van der Waals surface area contributed by atoms with Gasteiger partial charge in [-0.2, -0.15) is 0 Å². The van der Waals surface area contributed by atoms with Gasteiger partial charge in [-0.15, -0.1) is 0 Å². The van der Waals surface area contributed by atoms with Gasteiger partial charge in [0.25, 0.3) is 0 Å². The molecule has 0 saturated heterocycles. The van der Waals surface area contributed by atoms with Crippen LogP contribution in [0.2, 0.25) is 0 Å². The van der Waals surface area contributed by atoms with Gasteiger partial charge >= 0.3 is 0 Å². The van der Waals surface area contributed by atoms with E-state index >= 15 is 0 Å². The summed E-state index contributed by atoms with van der Waals surface area (Å²) in [4.78, 5) is 2.53. The zero-order valence-corrected chi connectivity index (χ0v) is 32.9. The van der Waals surface area contributed by atoms with E-state index in [1.807, 2.05) is 0 Å². The summed E-state index contributed by atoms with van der Waals surface area (Å²) in [5, 5.41) is 0. The highest BCUT2D eigenvalue weighted by Crippen LogP contribution is 2.89. The van der Waals surface area contributed by atoms with Crippen molar-refractivity contribution in [1.82, 2.24) is 0 Å². The zero-order valence-electron chi connectivity index (χ0n) is 32.9. The third-order valence-corrected chi connectivity index (χ3v) is 16.2. The zero-order chi connectivity index (χ0) is 36.3. The number of hydrogen-bond donors (Lipinski definition) is 0. The van der Waals surface area contributed by atoms with Gasteiger partial charge in [-0.25, -0.2) is 0 Å². The van der Waals surface area contributed by atoms with E-state index in [-0.39, 0.29) is 21.7 Å². The first-order valence-corrected chi connectivity index (χ1v) is 20.7. The normalized spacial score (nSPS) is 30.2. The molecule has 4 fully saturated rings. The summed E-state index contributed by atoms with van der Waals surface area (Å²) in [6.45, 7) is 16.6. The highest BCUT2D eigenvalue weighted by Gasteiger charge is 2.84. The molecule has 0 N–H and O–H groups in total. The van der Waals surface area contributed by atoms with Crippen molar-refractivity contribution in [3.8, 4) is 22.3 Å². The van der Waals surface area contributed by atoms with Gasteiger partial charge in [0.15, 0.2) is 0 Å². The smallest absolute Gasteiger partial charge is 0.0465 e. The molecule has 4 saturated carbocycles. The highest BCUT2D eigenvalue weighted by molar-refractivity contribution is 5.88. The Morgan fingerprint density at radius 2 is 1.17 bits per heavy atom. The number of rotatable bonds is 4. The molecule has 5 aromatic carbocycles. The van der Waals surface area contributed by atoms with Crippen molar-refractivity contribution in [3.63, 3.8) is 0 Å². The van der Waals surface area contributed by atoms with Crippen molar-refractivity contribution in [2.75, 3.05) is 4.90 Å².